The molecule has 0 radical (unpaired) electrons. The minimum atomic E-state index is -0.0433. The summed E-state index contributed by atoms with van der Waals surface area (Å²) in [5.41, 5.74) is 1.73. The fourth-order valence-electron chi connectivity index (χ4n) is 2.60. The van der Waals surface area contributed by atoms with Gasteiger partial charge in [-0.25, -0.2) is 0 Å². The molecule has 1 unspecified atom stereocenters. The number of nitrogens with zero attached hydrogens (tertiary/aromatic N) is 2. The number of nitrogens with one attached hydrogen (secondary N) is 2. The largest absolute Gasteiger partial charge is 0.497 e. The molecule has 0 aliphatic heterocycles. The average molecular weight is 399 g/mol. The van der Waals surface area contributed by atoms with E-state index in [0.717, 1.165) is 17.1 Å². The summed E-state index contributed by atoms with van der Waals surface area (Å²) in [6.07, 6.45) is -0.0433. The number of hydrogen-bond acceptors (Lipinski definition) is 4. The highest BCUT2D eigenvalue weighted by molar-refractivity contribution is 5.93. The summed E-state index contributed by atoms with van der Waals surface area (Å²) in [5.74, 6) is 2.26. The van der Waals surface area contributed by atoms with Gasteiger partial charge in [-0.2, -0.15) is 0 Å². The Balaban J connectivity index is 1.79. The summed E-state index contributed by atoms with van der Waals surface area (Å²) in [6.45, 7) is 3.19. The second kappa shape index (κ2) is 10.9. The average Bonchev–Trinajstić information content (AvgIpc) is 2.74. The van der Waals surface area contributed by atoms with Gasteiger partial charge in [-0.1, -0.05) is 12.1 Å². The normalized spacial score (nSPS) is 12.1. The first kappa shape index (κ1) is 22.1. The highest BCUT2D eigenvalue weighted by Crippen LogP contribution is 2.17. The quantitative estimate of drug-likeness (QED) is 0.528. The van der Waals surface area contributed by atoms with Crippen molar-refractivity contribution < 1.29 is 14.3 Å². The summed E-state index contributed by atoms with van der Waals surface area (Å²) in [6, 6.07) is 15.0. The van der Waals surface area contributed by atoms with Crippen molar-refractivity contribution >= 4 is 11.9 Å². The molecule has 7 nitrogen and oxygen atoms in total. The molecule has 29 heavy (non-hydrogen) atoms. The molecule has 0 aliphatic carbocycles. The SMILES string of the molecule is CN=C(NCc1ccc(C(=O)N(C)C)cc1)NCC(C)Oc1ccc(OC)cc1. The molecule has 2 aromatic carbocycles. The van der Waals surface area contributed by atoms with Crippen LogP contribution in [0.5, 0.6) is 11.5 Å². The van der Waals surface area contributed by atoms with Crippen molar-refractivity contribution in [3.63, 3.8) is 0 Å². The molecule has 1 amide bonds. The zero-order valence-electron chi connectivity index (χ0n) is 17.7. The third-order valence-corrected chi connectivity index (χ3v) is 4.24. The van der Waals surface area contributed by atoms with Crippen molar-refractivity contribution in [1.82, 2.24) is 15.5 Å². The molecule has 0 aliphatic rings. The maximum absolute atomic E-state index is 11.9. The van der Waals surface area contributed by atoms with Gasteiger partial charge in [-0.3, -0.25) is 9.79 Å². The van der Waals surface area contributed by atoms with Crippen molar-refractivity contribution in [3.05, 3.63) is 59.7 Å². The Morgan fingerprint density at radius 3 is 2.21 bits per heavy atom. The van der Waals surface area contributed by atoms with E-state index in [1.54, 1.807) is 33.2 Å². The van der Waals surface area contributed by atoms with Crippen LogP contribution in [-0.2, 0) is 6.54 Å². The molecule has 0 saturated carbocycles. The minimum Gasteiger partial charge on any atom is -0.497 e. The van der Waals surface area contributed by atoms with Crippen LogP contribution in [0.3, 0.4) is 0 Å². The lowest BCUT2D eigenvalue weighted by atomic mass is 10.1. The molecule has 0 aromatic heterocycles. The van der Waals surface area contributed by atoms with Crippen LogP contribution in [0.4, 0.5) is 0 Å². The number of aliphatic imine (C=N–C) groups is 1. The molecule has 0 bridgehead atoms. The summed E-state index contributed by atoms with van der Waals surface area (Å²) in [4.78, 5) is 17.7. The molecule has 0 spiro atoms. The van der Waals surface area contributed by atoms with Crippen LogP contribution in [0.2, 0.25) is 0 Å². The smallest absolute Gasteiger partial charge is 0.253 e. The van der Waals surface area contributed by atoms with Gasteiger partial charge in [0.25, 0.3) is 5.91 Å². The van der Waals surface area contributed by atoms with E-state index < -0.39 is 0 Å². The van der Waals surface area contributed by atoms with E-state index in [0.29, 0.717) is 24.6 Å². The second-order valence-electron chi connectivity index (χ2n) is 6.81. The lowest BCUT2D eigenvalue weighted by molar-refractivity contribution is 0.0827. The van der Waals surface area contributed by atoms with Gasteiger partial charge in [-0.05, 0) is 48.9 Å². The van der Waals surface area contributed by atoms with E-state index in [-0.39, 0.29) is 12.0 Å². The third-order valence-electron chi connectivity index (χ3n) is 4.24. The molecular formula is C22H30N4O3. The Labute approximate surface area is 172 Å². The maximum Gasteiger partial charge on any atom is 0.253 e. The highest BCUT2D eigenvalue weighted by Gasteiger charge is 2.08. The molecule has 1 atom stereocenters. The van der Waals surface area contributed by atoms with Crippen molar-refractivity contribution in [1.29, 1.82) is 0 Å². The van der Waals surface area contributed by atoms with Crippen molar-refractivity contribution in [2.24, 2.45) is 4.99 Å². The molecule has 7 heteroatoms. The van der Waals surface area contributed by atoms with Crippen LogP contribution in [0.15, 0.2) is 53.5 Å². The van der Waals surface area contributed by atoms with Gasteiger partial charge in [0, 0.05) is 33.3 Å². The molecule has 0 fully saturated rings. The van der Waals surface area contributed by atoms with E-state index in [4.69, 9.17) is 9.47 Å². The third kappa shape index (κ3) is 7.03. The zero-order valence-corrected chi connectivity index (χ0v) is 17.7. The van der Waals surface area contributed by atoms with Crippen molar-refractivity contribution in [3.8, 4) is 11.5 Å². The number of methoxy groups -OCH3 is 1. The Kier molecular flexibility index (Phi) is 8.33. The summed E-state index contributed by atoms with van der Waals surface area (Å²) in [7, 11) is 6.85. The first-order valence-corrected chi connectivity index (χ1v) is 9.48. The fourth-order valence-corrected chi connectivity index (χ4v) is 2.60. The Bertz CT molecular complexity index is 802. The Morgan fingerprint density at radius 2 is 1.66 bits per heavy atom. The van der Waals surface area contributed by atoms with Crippen molar-refractivity contribution in [2.45, 2.75) is 19.6 Å². The Hall–Kier alpha value is -3.22. The molecule has 156 valence electrons. The first-order valence-electron chi connectivity index (χ1n) is 9.48. The predicted molar refractivity (Wildman–Crippen MR) is 116 cm³/mol. The number of carbonyl (C=O) groups excluding carboxylic acids is 1. The van der Waals surface area contributed by atoms with Crippen LogP contribution in [-0.4, -0.2) is 57.7 Å². The van der Waals surface area contributed by atoms with Gasteiger partial charge in [0.15, 0.2) is 5.96 Å². The number of guanidine groups is 1. The lowest BCUT2D eigenvalue weighted by Crippen LogP contribution is -2.41. The Morgan fingerprint density at radius 1 is 1.03 bits per heavy atom. The molecule has 2 N–H and O–H groups in total. The molecule has 0 saturated heterocycles. The standard InChI is InChI=1S/C22H30N4O3/c1-16(29-20-12-10-19(28-5)11-13-20)14-24-22(23-2)25-15-17-6-8-18(9-7-17)21(27)26(3)4/h6-13,16H,14-15H2,1-5H3,(H2,23,24,25). The zero-order chi connectivity index (χ0) is 21.2. The summed E-state index contributed by atoms with van der Waals surface area (Å²) >= 11 is 0. The van der Waals surface area contributed by atoms with E-state index in [1.165, 1.54) is 0 Å². The van der Waals surface area contributed by atoms with Crippen LogP contribution in [0.25, 0.3) is 0 Å². The fraction of sp³-hybridized carbons (Fsp3) is 0.364. The predicted octanol–water partition coefficient (Wildman–Crippen LogP) is 2.53. The highest BCUT2D eigenvalue weighted by atomic mass is 16.5. The number of benzene rings is 2. The van der Waals surface area contributed by atoms with Crippen LogP contribution >= 0.6 is 0 Å². The topological polar surface area (TPSA) is 75.2 Å². The summed E-state index contributed by atoms with van der Waals surface area (Å²) < 4.78 is 11.0. The molecule has 2 aromatic rings. The number of ether oxygens (including phenoxy) is 2. The minimum absolute atomic E-state index is 0.00664. The van der Waals surface area contributed by atoms with E-state index in [2.05, 4.69) is 15.6 Å². The van der Waals surface area contributed by atoms with E-state index in [9.17, 15) is 4.79 Å². The summed E-state index contributed by atoms with van der Waals surface area (Å²) in [5, 5.41) is 6.52. The lowest BCUT2D eigenvalue weighted by Gasteiger charge is -2.18. The molecule has 0 heterocycles. The van der Waals surface area contributed by atoms with Gasteiger partial charge in [-0.15, -0.1) is 0 Å². The van der Waals surface area contributed by atoms with E-state index >= 15 is 0 Å². The first-order chi connectivity index (χ1) is 13.9. The maximum atomic E-state index is 11.9. The van der Waals surface area contributed by atoms with Crippen LogP contribution in [0.1, 0.15) is 22.8 Å². The monoisotopic (exact) mass is 398 g/mol. The van der Waals surface area contributed by atoms with Gasteiger partial charge < -0.3 is 25.0 Å². The molecular weight excluding hydrogens is 368 g/mol. The van der Waals surface area contributed by atoms with Gasteiger partial charge >= 0.3 is 0 Å². The number of carbonyl (C=O) groups is 1. The van der Waals surface area contributed by atoms with Gasteiger partial charge in [0.05, 0.1) is 13.7 Å². The number of rotatable bonds is 8. The second-order valence-corrected chi connectivity index (χ2v) is 6.81. The molecule has 2 rings (SSSR count). The van der Waals surface area contributed by atoms with Crippen LogP contribution in [0, 0.1) is 0 Å². The number of hydrogen-bond donors (Lipinski definition) is 2. The van der Waals surface area contributed by atoms with Crippen LogP contribution < -0.4 is 20.1 Å². The van der Waals surface area contributed by atoms with Gasteiger partial charge in [0.1, 0.15) is 17.6 Å². The van der Waals surface area contributed by atoms with Gasteiger partial charge in [0.2, 0.25) is 0 Å². The van der Waals surface area contributed by atoms with Crippen molar-refractivity contribution in [2.75, 3.05) is 34.8 Å². The number of amides is 1. The van der Waals surface area contributed by atoms with E-state index in [1.807, 2.05) is 55.5 Å².